The Morgan fingerprint density at radius 3 is 2.42 bits per heavy atom. The maximum atomic E-state index is 14.1. The summed E-state index contributed by atoms with van der Waals surface area (Å²) in [4.78, 5) is 56.9. The summed E-state index contributed by atoms with van der Waals surface area (Å²) < 4.78 is 44.6. The zero-order valence-corrected chi connectivity index (χ0v) is 25.7. The molecule has 1 aromatic heterocycles. The van der Waals surface area contributed by atoms with Gasteiger partial charge >= 0.3 is 18.0 Å². The van der Waals surface area contributed by atoms with Gasteiger partial charge in [0.1, 0.15) is 11.5 Å². The number of carbonyl (C=O) groups excluding carboxylic acids is 3. The number of fused-ring (bicyclic) bond motifs is 1. The number of benzene rings is 2. The minimum atomic E-state index is -4.05. The topological polar surface area (TPSA) is 175 Å². The van der Waals surface area contributed by atoms with Crippen molar-refractivity contribution in [2.75, 3.05) is 47.4 Å². The molecule has 0 aliphatic carbocycles. The van der Waals surface area contributed by atoms with E-state index in [1.54, 1.807) is 51.9 Å². The predicted molar refractivity (Wildman–Crippen MR) is 157 cm³/mol. The number of hydrogen-bond donors (Lipinski definition) is 2. The minimum absolute atomic E-state index is 0.0335. The second-order valence-corrected chi connectivity index (χ2v) is 11.5. The van der Waals surface area contributed by atoms with E-state index in [0.29, 0.717) is 11.1 Å². The molecule has 3 rings (SSSR count). The summed E-state index contributed by atoms with van der Waals surface area (Å²) >= 11 is 0. The van der Waals surface area contributed by atoms with E-state index < -0.39 is 40.2 Å². The van der Waals surface area contributed by atoms with E-state index in [1.807, 2.05) is 0 Å². The van der Waals surface area contributed by atoms with Gasteiger partial charge in [-0.3, -0.25) is 19.1 Å². The third-order valence-electron chi connectivity index (χ3n) is 6.23. The molecule has 1 heterocycles. The highest BCUT2D eigenvalue weighted by Crippen LogP contribution is 2.26. The molecular weight excluding hydrogens is 582 g/mol. The lowest BCUT2D eigenvalue weighted by Gasteiger charge is -2.19. The lowest BCUT2D eigenvalue weighted by molar-refractivity contribution is -0.144. The number of nitrogens with zero attached hydrogens (tertiary/aromatic N) is 3. The van der Waals surface area contributed by atoms with Gasteiger partial charge in [-0.1, -0.05) is 12.1 Å². The highest BCUT2D eigenvalue weighted by molar-refractivity contribution is 7.89. The Morgan fingerprint density at radius 1 is 1.07 bits per heavy atom. The highest BCUT2D eigenvalue weighted by atomic mass is 32.2. The molecule has 0 saturated carbocycles. The molecule has 0 radical (unpaired) electrons. The van der Waals surface area contributed by atoms with Gasteiger partial charge < -0.3 is 19.5 Å². The number of sulfonamides is 1. The molecular formula is C28H35N5O9S. The van der Waals surface area contributed by atoms with E-state index in [1.165, 1.54) is 25.2 Å². The molecule has 43 heavy (non-hydrogen) atoms. The van der Waals surface area contributed by atoms with Gasteiger partial charge in [0.2, 0.25) is 10.0 Å². The average Bonchev–Trinajstić information content (AvgIpc) is 2.93. The number of esters is 2. The van der Waals surface area contributed by atoms with Crippen molar-refractivity contribution in [2.24, 2.45) is 0 Å². The molecule has 2 N–H and O–H groups in total. The van der Waals surface area contributed by atoms with Crippen LogP contribution in [0.1, 0.15) is 34.2 Å². The van der Waals surface area contributed by atoms with Crippen LogP contribution < -0.4 is 15.6 Å². The predicted octanol–water partition coefficient (Wildman–Crippen LogP) is 1.42. The van der Waals surface area contributed by atoms with Crippen LogP contribution in [-0.2, 0) is 35.6 Å². The monoisotopic (exact) mass is 617 g/mol. The highest BCUT2D eigenvalue weighted by Gasteiger charge is 2.25. The third kappa shape index (κ3) is 7.74. The molecule has 0 atom stereocenters. The maximum absolute atomic E-state index is 14.1. The van der Waals surface area contributed by atoms with Gasteiger partial charge in [0.25, 0.3) is 5.56 Å². The first-order valence-electron chi connectivity index (χ1n) is 13.3. The Labute approximate surface area is 249 Å². The van der Waals surface area contributed by atoms with Crippen LogP contribution in [0, 0.1) is 13.8 Å². The van der Waals surface area contributed by atoms with E-state index in [-0.39, 0.29) is 59.2 Å². The van der Waals surface area contributed by atoms with Gasteiger partial charge in [0.15, 0.2) is 12.4 Å². The second kappa shape index (κ2) is 14.2. The van der Waals surface area contributed by atoms with Crippen LogP contribution in [0.3, 0.4) is 0 Å². The fraction of sp³-hybridized carbons (Fsp3) is 0.393. The van der Waals surface area contributed by atoms with Crippen molar-refractivity contribution in [3.8, 4) is 5.69 Å². The van der Waals surface area contributed by atoms with E-state index in [4.69, 9.17) is 14.2 Å². The van der Waals surface area contributed by atoms with Gasteiger partial charge in [-0.2, -0.15) is 0 Å². The largest absolute Gasteiger partial charge is 0.463 e. The number of aryl methyl sites for hydroxylation is 2. The first kappa shape index (κ1) is 33.2. The third-order valence-corrected chi connectivity index (χ3v) is 7.70. The number of aromatic nitrogens is 2. The molecule has 232 valence electrons. The van der Waals surface area contributed by atoms with Crippen molar-refractivity contribution in [1.29, 1.82) is 0 Å². The van der Waals surface area contributed by atoms with Gasteiger partial charge in [-0.25, -0.2) is 27.7 Å². The van der Waals surface area contributed by atoms with Gasteiger partial charge in [-0.15, -0.1) is 0 Å². The average molecular weight is 618 g/mol. The van der Waals surface area contributed by atoms with Gasteiger partial charge in [0, 0.05) is 0 Å². The molecule has 0 spiro atoms. The number of para-hydroxylation sites is 1. The summed E-state index contributed by atoms with van der Waals surface area (Å²) in [6, 6.07) is 7.32. The van der Waals surface area contributed by atoms with Gasteiger partial charge in [0.05, 0.1) is 41.9 Å². The normalized spacial score (nSPS) is 11.4. The number of nitrogens with one attached hydrogen (secondary N) is 2. The van der Waals surface area contributed by atoms with Crippen LogP contribution in [0.25, 0.3) is 16.6 Å². The summed E-state index contributed by atoms with van der Waals surface area (Å²) in [6.07, 6.45) is -0.884. The zero-order chi connectivity index (χ0) is 31.9. The van der Waals surface area contributed by atoms with Crippen LogP contribution in [0.2, 0.25) is 0 Å². The van der Waals surface area contributed by atoms with Crippen LogP contribution in [0.4, 0.5) is 4.79 Å². The molecule has 2 aromatic carbocycles. The summed E-state index contributed by atoms with van der Waals surface area (Å²) in [5, 5.41) is 2.51. The van der Waals surface area contributed by atoms with Crippen LogP contribution >= 0.6 is 0 Å². The Kier molecular flexibility index (Phi) is 11.0. The summed E-state index contributed by atoms with van der Waals surface area (Å²) in [5.74, 6) is -1.15. The summed E-state index contributed by atoms with van der Waals surface area (Å²) in [6.45, 7) is 4.49. The Hall–Kier alpha value is -4.34. The number of amides is 1. The van der Waals surface area contributed by atoms with Crippen molar-refractivity contribution >= 4 is 39.0 Å². The fourth-order valence-electron chi connectivity index (χ4n) is 4.38. The Balaban J connectivity index is 2.08. The lowest BCUT2D eigenvalue weighted by atomic mass is 9.98. The molecule has 1 amide bonds. The number of hydrogen-bond acceptors (Lipinski definition) is 11. The number of carbonyl (C=O) groups is 3. The molecule has 0 bridgehead atoms. The van der Waals surface area contributed by atoms with Crippen LogP contribution in [-0.4, -0.2) is 88.3 Å². The zero-order valence-electron chi connectivity index (χ0n) is 24.8. The fourth-order valence-corrected chi connectivity index (χ4v) is 5.30. The standard InChI is InChI=1S/C28H35N5O9S/c1-7-40-27(36)24-17(2)14-19-25(18(24)3)26(35)33(20-10-8-9-11-21(20)43(38,39)29-4)22(31-19)16-42-28(37)30-12-13-41-23(34)15-32(5)6/h8-11,14,29H,7,12-13,15-16H2,1-6H3,(H,30,37). The number of likely N-dealkylation sites (N-methyl/N-ethyl adjacent to an activating group) is 1. The van der Waals surface area contributed by atoms with Crippen molar-refractivity contribution in [1.82, 2.24) is 24.5 Å². The number of ether oxygens (including phenoxy) is 3. The summed E-state index contributed by atoms with van der Waals surface area (Å²) in [7, 11) is 0.616. The molecule has 0 aliphatic heterocycles. The smallest absolute Gasteiger partial charge is 0.407 e. The molecule has 0 unspecified atom stereocenters. The molecule has 3 aromatic rings. The first-order valence-corrected chi connectivity index (χ1v) is 14.8. The molecule has 0 fully saturated rings. The molecule has 14 nitrogen and oxygen atoms in total. The number of alkyl carbamates (subject to hydrolysis) is 1. The van der Waals surface area contributed by atoms with Crippen LogP contribution in [0.15, 0.2) is 40.0 Å². The molecule has 15 heteroatoms. The van der Waals surface area contributed by atoms with Gasteiger partial charge in [-0.05, 0) is 71.2 Å². The Bertz CT molecular complexity index is 1700. The van der Waals surface area contributed by atoms with E-state index in [9.17, 15) is 27.6 Å². The Morgan fingerprint density at radius 2 is 1.77 bits per heavy atom. The van der Waals surface area contributed by atoms with Crippen molar-refractivity contribution in [3.05, 3.63) is 63.2 Å². The second-order valence-electron chi connectivity index (χ2n) is 9.61. The summed E-state index contributed by atoms with van der Waals surface area (Å²) in [5.41, 5.74) is 0.511. The molecule has 0 aliphatic rings. The van der Waals surface area contributed by atoms with Crippen molar-refractivity contribution < 1.29 is 37.0 Å². The van der Waals surface area contributed by atoms with E-state index in [2.05, 4.69) is 15.0 Å². The van der Waals surface area contributed by atoms with Crippen molar-refractivity contribution in [2.45, 2.75) is 32.3 Å². The lowest BCUT2D eigenvalue weighted by Crippen LogP contribution is -2.32. The maximum Gasteiger partial charge on any atom is 0.407 e. The van der Waals surface area contributed by atoms with E-state index >= 15 is 0 Å². The molecule has 0 saturated heterocycles. The first-order chi connectivity index (χ1) is 20.3. The number of rotatable bonds is 12. The SMILES string of the molecule is CCOC(=O)c1c(C)cc2nc(COC(=O)NCCOC(=O)CN(C)C)n(-c3ccccc3S(=O)(=O)NC)c(=O)c2c1C. The van der Waals surface area contributed by atoms with Crippen molar-refractivity contribution in [3.63, 3.8) is 0 Å². The quantitative estimate of drug-likeness (QED) is 0.171. The van der Waals surface area contributed by atoms with Crippen LogP contribution in [0.5, 0.6) is 0 Å². The minimum Gasteiger partial charge on any atom is -0.463 e. The van der Waals surface area contributed by atoms with E-state index in [0.717, 1.165) is 4.57 Å².